The van der Waals surface area contributed by atoms with Crippen LogP contribution in [0.3, 0.4) is 0 Å². The summed E-state index contributed by atoms with van der Waals surface area (Å²) in [7, 11) is 0. The summed E-state index contributed by atoms with van der Waals surface area (Å²) in [6.45, 7) is 0. The molecule has 0 spiro atoms. The Bertz CT molecular complexity index is 745. The predicted octanol–water partition coefficient (Wildman–Crippen LogP) is 4.25. The van der Waals surface area contributed by atoms with E-state index in [2.05, 4.69) is 20.4 Å². The van der Waals surface area contributed by atoms with Gasteiger partial charge in [-0.05, 0) is 36.1 Å². The maximum absolute atomic E-state index is 5.73. The summed E-state index contributed by atoms with van der Waals surface area (Å²) in [6, 6.07) is 11.6. The third-order valence-corrected chi connectivity index (χ3v) is 3.70. The van der Waals surface area contributed by atoms with Gasteiger partial charge in [0.05, 0.1) is 0 Å². The molecule has 0 amide bonds. The standard InChI is InChI=1S/C14H11ClN4OS/c1-21-10-4-2-9(3-5-10)11-8-13(20-19-11)17-12-6-7-16-14(15)18-12/h2-8H,1H3,(H,16,17,18). The molecule has 3 rings (SSSR count). The molecule has 0 aliphatic rings. The molecular weight excluding hydrogens is 308 g/mol. The van der Waals surface area contributed by atoms with Crippen LogP contribution in [-0.2, 0) is 0 Å². The fourth-order valence-corrected chi connectivity index (χ4v) is 2.32. The second-order valence-electron chi connectivity index (χ2n) is 4.14. The second-order valence-corrected chi connectivity index (χ2v) is 5.36. The number of thioether (sulfide) groups is 1. The van der Waals surface area contributed by atoms with Gasteiger partial charge >= 0.3 is 0 Å². The topological polar surface area (TPSA) is 63.8 Å². The molecule has 0 aliphatic carbocycles. The maximum atomic E-state index is 5.73. The van der Waals surface area contributed by atoms with Gasteiger partial charge in [0.25, 0.3) is 0 Å². The fraction of sp³-hybridized carbons (Fsp3) is 0.0714. The molecule has 0 fully saturated rings. The molecule has 0 unspecified atom stereocenters. The highest BCUT2D eigenvalue weighted by Crippen LogP contribution is 2.25. The molecule has 0 aliphatic heterocycles. The molecule has 2 heterocycles. The van der Waals surface area contributed by atoms with Crippen LogP contribution in [-0.4, -0.2) is 21.4 Å². The molecule has 1 aromatic carbocycles. The van der Waals surface area contributed by atoms with Gasteiger partial charge in [-0.3, -0.25) is 0 Å². The first-order valence-electron chi connectivity index (χ1n) is 6.11. The zero-order valence-corrected chi connectivity index (χ0v) is 12.6. The summed E-state index contributed by atoms with van der Waals surface area (Å²) < 4.78 is 5.25. The van der Waals surface area contributed by atoms with Gasteiger partial charge in [-0.2, -0.15) is 0 Å². The summed E-state index contributed by atoms with van der Waals surface area (Å²) in [4.78, 5) is 9.05. The largest absolute Gasteiger partial charge is 0.338 e. The van der Waals surface area contributed by atoms with Gasteiger partial charge in [0.15, 0.2) is 0 Å². The molecule has 106 valence electrons. The minimum absolute atomic E-state index is 0.174. The average molecular weight is 319 g/mol. The first-order chi connectivity index (χ1) is 10.2. The number of hydrogen-bond donors (Lipinski definition) is 1. The van der Waals surface area contributed by atoms with E-state index in [1.807, 2.05) is 36.6 Å². The minimum atomic E-state index is 0.174. The van der Waals surface area contributed by atoms with Crippen LogP contribution in [0.25, 0.3) is 11.3 Å². The lowest BCUT2D eigenvalue weighted by atomic mass is 10.1. The van der Waals surface area contributed by atoms with Gasteiger partial charge in [0.1, 0.15) is 11.5 Å². The predicted molar refractivity (Wildman–Crippen MR) is 84.0 cm³/mol. The number of halogens is 1. The normalized spacial score (nSPS) is 10.6. The smallest absolute Gasteiger partial charge is 0.230 e. The Balaban J connectivity index is 1.79. The van der Waals surface area contributed by atoms with E-state index < -0.39 is 0 Å². The van der Waals surface area contributed by atoms with E-state index in [-0.39, 0.29) is 5.28 Å². The summed E-state index contributed by atoms with van der Waals surface area (Å²) in [6.07, 6.45) is 3.61. The van der Waals surface area contributed by atoms with Crippen LogP contribution in [0, 0.1) is 0 Å². The molecule has 21 heavy (non-hydrogen) atoms. The van der Waals surface area contributed by atoms with Gasteiger partial charge in [0, 0.05) is 22.7 Å². The van der Waals surface area contributed by atoms with E-state index in [1.54, 1.807) is 24.0 Å². The third kappa shape index (κ3) is 3.34. The molecule has 2 aromatic heterocycles. The average Bonchev–Trinajstić information content (AvgIpc) is 2.96. The van der Waals surface area contributed by atoms with Crippen molar-refractivity contribution in [1.29, 1.82) is 0 Å². The van der Waals surface area contributed by atoms with Crippen molar-refractivity contribution < 1.29 is 4.52 Å². The molecule has 0 atom stereocenters. The van der Waals surface area contributed by atoms with E-state index >= 15 is 0 Å². The van der Waals surface area contributed by atoms with E-state index in [4.69, 9.17) is 16.1 Å². The molecular formula is C14H11ClN4OS. The highest BCUT2D eigenvalue weighted by Gasteiger charge is 2.07. The van der Waals surface area contributed by atoms with Crippen LogP contribution < -0.4 is 5.32 Å². The number of rotatable bonds is 4. The van der Waals surface area contributed by atoms with E-state index in [9.17, 15) is 0 Å². The summed E-state index contributed by atoms with van der Waals surface area (Å²) in [5.41, 5.74) is 1.75. The Morgan fingerprint density at radius 3 is 2.71 bits per heavy atom. The van der Waals surface area contributed by atoms with Crippen molar-refractivity contribution >= 4 is 35.1 Å². The molecule has 7 heteroatoms. The molecule has 0 saturated carbocycles. The lowest BCUT2D eigenvalue weighted by Crippen LogP contribution is -1.92. The number of hydrogen-bond acceptors (Lipinski definition) is 6. The molecule has 1 N–H and O–H groups in total. The summed E-state index contributed by atoms with van der Waals surface area (Å²) >= 11 is 7.43. The van der Waals surface area contributed by atoms with Crippen LogP contribution in [0.15, 0.2) is 52.0 Å². The highest BCUT2D eigenvalue weighted by atomic mass is 35.5. The quantitative estimate of drug-likeness (QED) is 0.573. The zero-order valence-electron chi connectivity index (χ0n) is 11.1. The minimum Gasteiger partial charge on any atom is -0.338 e. The molecule has 0 saturated heterocycles. The lowest BCUT2D eigenvalue weighted by molar-refractivity contribution is 0.437. The van der Waals surface area contributed by atoms with Crippen LogP contribution in [0.5, 0.6) is 0 Å². The van der Waals surface area contributed by atoms with Gasteiger partial charge in [0.2, 0.25) is 11.2 Å². The Morgan fingerprint density at radius 2 is 2.00 bits per heavy atom. The van der Waals surface area contributed by atoms with Gasteiger partial charge in [-0.15, -0.1) is 11.8 Å². The first-order valence-corrected chi connectivity index (χ1v) is 7.71. The fourth-order valence-electron chi connectivity index (χ4n) is 1.76. The number of aromatic nitrogens is 3. The number of nitrogens with one attached hydrogen (secondary N) is 1. The van der Waals surface area contributed by atoms with Crippen LogP contribution in [0.4, 0.5) is 11.7 Å². The van der Waals surface area contributed by atoms with Crippen molar-refractivity contribution in [3.8, 4) is 11.3 Å². The van der Waals surface area contributed by atoms with E-state index in [0.29, 0.717) is 11.7 Å². The Labute approximate surface area is 130 Å². The van der Waals surface area contributed by atoms with E-state index in [0.717, 1.165) is 11.3 Å². The van der Waals surface area contributed by atoms with Gasteiger partial charge in [-0.25, -0.2) is 9.97 Å². The second kappa shape index (κ2) is 6.15. The summed E-state index contributed by atoms with van der Waals surface area (Å²) in [5, 5.41) is 7.20. The Kier molecular flexibility index (Phi) is 4.08. The molecule has 0 radical (unpaired) electrons. The highest BCUT2D eigenvalue weighted by molar-refractivity contribution is 7.98. The van der Waals surface area contributed by atoms with Crippen molar-refractivity contribution in [3.05, 3.63) is 47.9 Å². The Hall–Kier alpha value is -2.05. The number of nitrogens with zero attached hydrogens (tertiary/aromatic N) is 3. The number of anilines is 2. The monoisotopic (exact) mass is 318 g/mol. The van der Waals surface area contributed by atoms with Crippen LogP contribution in [0.2, 0.25) is 5.28 Å². The summed E-state index contributed by atoms with van der Waals surface area (Å²) in [5.74, 6) is 1.05. The first kappa shape index (κ1) is 13.9. The molecule has 5 nitrogen and oxygen atoms in total. The van der Waals surface area contributed by atoms with Crippen molar-refractivity contribution in [2.75, 3.05) is 11.6 Å². The van der Waals surface area contributed by atoms with Crippen molar-refractivity contribution in [3.63, 3.8) is 0 Å². The molecule has 0 bridgehead atoms. The SMILES string of the molecule is CSc1ccc(-c2cc(Nc3ccnc(Cl)n3)on2)cc1. The number of benzene rings is 1. The van der Waals surface area contributed by atoms with Gasteiger partial charge in [-0.1, -0.05) is 17.3 Å². The maximum Gasteiger partial charge on any atom is 0.230 e. The van der Waals surface area contributed by atoms with Crippen LogP contribution >= 0.6 is 23.4 Å². The van der Waals surface area contributed by atoms with E-state index in [1.165, 1.54) is 4.90 Å². The van der Waals surface area contributed by atoms with Crippen LogP contribution in [0.1, 0.15) is 0 Å². The van der Waals surface area contributed by atoms with Crippen molar-refractivity contribution in [1.82, 2.24) is 15.1 Å². The third-order valence-electron chi connectivity index (χ3n) is 2.77. The Morgan fingerprint density at radius 1 is 1.19 bits per heavy atom. The van der Waals surface area contributed by atoms with Crippen molar-refractivity contribution in [2.24, 2.45) is 0 Å². The van der Waals surface area contributed by atoms with Gasteiger partial charge < -0.3 is 9.84 Å². The van der Waals surface area contributed by atoms with Crippen molar-refractivity contribution in [2.45, 2.75) is 4.90 Å². The molecule has 3 aromatic rings. The zero-order chi connectivity index (χ0) is 14.7. The lowest BCUT2D eigenvalue weighted by Gasteiger charge is -1.99.